The van der Waals surface area contributed by atoms with Crippen LogP contribution >= 0.6 is 0 Å². The molecule has 1 heterocycles. The van der Waals surface area contributed by atoms with Gasteiger partial charge in [0, 0.05) is 6.54 Å². The summed E-state index contributed by atoms with van der Waals surface area (Å²) in [5, 5.41) is 6.52. The van der Waals surface area contributed by atoms with Crippen LogP contribution in [0.4, 0.5) is 0 Å². The van der Waals surface area contributed by atoms with Gasteiger partial charge >= 0.3 is 0 Å². The molecule has 0 spiro atoms. The Labute approximate surface area is 105 Å². The minimum Gasteiger partial charge on any atom is -0.356 e. The minimum absolute atomic E-state index is 0.0785. The van der Waals surface area contributed by atoms with Gasteiger partial charge in [-0.05, 0) is 44.7 Å². The molecule has 3 nitrogen and oxygen atoms in total. The van der Waals surface area contributed by atoms with Gasteiger partial charge in [0.2, 0.25) is 5.91 Å². The van der Waals surface area contributed by atoms with Gasteiger partial charge in [-0.15, -0.1) is 0 Å². The summed E-state index contributed by atoms with van der Waals surface area (Å²) in [4.78, 5) is 12.3. The van der Waals surface area contributed by atoms with Crippen LogP contribution in [0.1, 0.15) is 51.9 Å². The molecule has 98 valence electrons. The van der Waals surface area contributed by atoms with Crippen molar-refractivity contribution in [1.82, 2.24) is 10.6 Å². The lowest BCUT2D eigenvalue weighted by Gasteiger charge is -2.35. The normalized spacial score (nSPS) is 24.1. The monoisotopic (exact) mass is 238 g/mol. The van der Waals surface area contributed by atoms with E-state index in [9.17, 15) is 4.79 Å². The zero-order chi connectivity index (χ0) is 12.1. The highest BCUT2D eigenvalue weighted by atomic mass is 16.2. The average Bonchev–Trinajstić information content (AvgIpc) is 2.33. The molecule has 2 N–H and O–H groups in total. The van der Waals surface area contributed by atoms with Crippen molar-refractivity contribution >= 4 is 5.91 Å². The lowest BCUT2D eigenvalue weighted by molar-refractivity contribution is -0.132. The molecule has 2 fully saturated rings. The van der Waals surface area contributed by atoms with Gasteiger partial charge in [-0.25, -0.2) is 0 Å². The number of rotatable bonds is 5. The van der Waals surface area contributed by atoms with Crippen LogP contribution in [-0.2, 0) is 4.79 Å². The van der Waals surface area contributed by atoms with Crippen molar-refractivity contribution in [3.63, 3.8) is 0 Å². The third kappa shape index (κ3) is 3.01. The molecule has 0 aromatic carbocycles. The Morgan fingerprint density at radius 2 is 2.06 bits per heavy atom. The van der Waals surface area contributed by atoms with Gasteiger partial charge in [0.25, 0.3) is 0 Å². The first-order chi connectivity index (χ1) is 8.27. The van der Waals surface area contributed by atoms with Crippen LogP contribution in [0.5, 0.6) is 0 Å². The molecule has 1 aliphatic carbocycles. The summed E-state index contributed by atoms with van der Waals surface area (Å²) in [5.74, 6) is 1.20. The number of carbonyl (C=O) groups is 1. The number of hydrogen-bond acceptors (Lipinski definition) is 2. The second-order valence-electron chi connectivity index (χ2n) is 5.73. The maximum atomic E-state index is 12.3. The molecular formula is C14H26N2O. The van der Waals surface area contributed by atoms with Gasteiger partial charge in [0.05, 0.1) is 5.41 Å². The standard InChI is InChI=1S/C14H26N2O/c1-2-14(7-10-15-11-8-14)13(17)16-9-6-12-4-3-5-12/h12,15H,2-11H2,1H3,(H,16,17). The predicted octanol–water partition coefficient (Wildman–Crippen LogP) is 2.07. The molecule has 17 heavy (non-hydrogen) atoms. The molecule has 3 heteroatoms. The van der Waals surface area contributed by atoms with Crippen molar-refractivity contribution in [3.05, 3.63) is 0 Å². The van der Waals surface area contributed by atoms with Gasteiger partial charge in [-0.1, -0.05) is 26.2 Å². The molecule has 2 aliphatic rings. The van der Waals surface area contributed by atoms with Crippen LogP contribution in [0.2, 0.25) is 0 Å². The van der Waals surface area contributed by atoms with Crippen molar-refractivity contribution in [3.8, 4) is 0 Å². The average molecular weight is 238 g/mol. The van der Waals surface area contributed by atoms with Crippen LogP contribution in [0.15, 0.2) is 0 Å². The summed E-state index contributed by atoms with van der Waals surface area (Å²) in [6.45, 7) is 5.02. The largest absolute Gasteiger partial charge is 0.356 e. The summed E-state index contributed by atoms with van der Waals surface area (Å²) < 4.78 is 0. The van der Waals surface area contributed by atoms with Gasteiger partial charge < -0.3 is 10.6 Å². The summed E-state index contributed by atoms with van der Waals surface area (Å²) >= 11 is 0. The summed E-state index contributed by atoms with van der Waals surface area (Å²) in [5.41, 5.74) is -0.0785. The Hall–Kier alpha value is -0.570. The molecule has 0 aromatic heterocycles. The van der Waals surface area contributed by atoms with Gasteiger partial charge in [-0.2, -0.15) is 0 Å². The number of hydrogen-bond donors (Lipinski definition) is 2. The molecule has 0 radical (unpaired) electrons. The molecule has 0 bridgehead atoms. The van der Waals surface area contributed by atoms with Gasteiger partial charge in [0.1, 0.15) is 0 Å². The van der Waals surface area contributed by atoms with Crippen LogP contribution < -0.4 is 10.6 Å². The minimum atomic E-state index is -0.0785. The molecule has 0 atom stereocenters. The van der Waals surface area contributed by atoms with Crippen LogP contribution in [0, 0.1) is 11.3 Å². The maximum absolute atomic E-state index is 12.3. The first-order valence-corrected chi connectivity index (χ1v) is 7.26. The zero-order valence-corrected chi connectivity index (χ0v) is 11.1. The van der Waals surface area contributed by atoms with E-state index in [1.165, 1.54) is 25.7 Å². The van der Waals surface area contributed by atoms with Crippen molar-refractivity contribution in [1.29, 1.82) is 0 Å². The van der Waals surface area contributed by atoms with E-state index in [4.69, 9.17) is 0 Å². The Morgan fingerprint density at radius 3 is 2.59 bits per heavy atom. The van der Waals surface area contributed by atoms with E-state index in [0.29, 0.717) is 5.91 Å². The predicted molar refractivity (Wildman–Crippen MR) is 69.8 cm³/mol. The molecular weight excluding hydrogens is 212 g/mol. The molecule has 1 aliphatic heterocycles. The van der Waals surface area contributed by atoms with Crippen molar-refractivity contribution < 1.29 is 4.79 Å². The van der Waals surface area contributed by atoms with E-state index in [-0.39, 0.29) is 5.41 Å². The third-order valence-corrected chi connectivity index (χ3v) is 4.78. The van der Waals surface area contributed by atoms with E-state index >= 15 is 0 Å². The van der Waals surface area contributed by atoms with Crippen molar-refractivity contribution in [2.24, 2.45) is 11.3 Å². The highest BCUT2D eigenvalue weighted by molar-refractivity contribution is 5.82. The van der Waals surface area contributed by atoms with Crippen molar-refractivity contribution in [2.75, 3.05) is 19.6 Å². The summed E-state index contributed by atoms with van der Waals surface area (Å²) in [6.07, 6.45) is 8.30. The van der Waals surface area contributed by atoms with E-state index in [2.05, 4.69) is 17.6 Å². The van der Waals surface area contributed by atoms with E-state index in [1.54, 1.807) is 0 Å². The Morgan fingerprint density at radius 1 is 1.35 bits per heavy atom. The Bertz CT molecular complexity index is 255. The molecule has 1 saturated heterocycles. The quantitative estimate of drug-likeness (QED) is 0.770. The summed E-state index contributed by atoms with van der Waals surface area (Å²) in [6, 6.07) is 0. The SMILES string of the molecule is CCC1(C(=O)NCCC2CCC2)CCNCC1. The number of amides is 1. The topological polar surface area (TPSA) is 41.1 Å². The van der Waals surface area contributed by atoms with E-state index in [0.717, 1.165) is 44.8 Å². The van der Waals surface area contributed by atoms with Crippen molar-refractivity contribution in [2.45, 2.75) is 51.9 Å². The lowest BCUT2D eigenvalue weighted by atomic mass is 9.75. The number of nitrogens with one attached hydrogen (secondary N) is 2. The first kappa shape index (κ1) is 12.9. The molecule has 1 saturated carbocycles. The fourth-order valence-electron chi connectivity index (χ4n) is 3.01. The Balaban J connectivity index is 1.75. The van der Waals surface area contributed by atoms with E-state index in [1.807, 2.05) is 0 Å². The first-order valence-electron chi connectivity index (χ1n) is 7.26. The zero-order valence-electron chi connectivity index (χ0n) is 11.1. The number of piperidine rings is 1. The summed E-state index contributed by atoms with van der Waals surface area (Å²) in [7, 11) is 0. The highest BCUT2D eigenvalue weighted by Gasteiger charge is 2.37. The molecule has 2 rings (SSSR count). The second-order valence-corrected chi connectivity index (χ2v) is 5.73. The highest BCUT2D eigenvalue weighted by Crippen LogP contribution is 2.33. The smallest absolute Gasteiger partial charge is 0.226 e. The second kappa shape index (κ2) is 5.85. The van der Waals surface area contributed by atoms with Crippen LogP contribution in [-0.4, -0.2) is 25.5 Å². The van der Waals surface area contributed by atoms with Crippen LogP contribution in [0.3, 0.4) is 0 Å². The Kier molecular flexibility index (Phi) is 4.43. The van der Waals surface area contributed by atoms with Gasteiger partial charge in [0.15, 0.2) is 0 Å². The fourth-order valence-corrected chi connectivity index (χ4v) is 3.01. The maximum Gasteiger partial charge on any atom is 0.226 e. The molecule has 0 aromatic rings. The lowest BCUT2D eigenvalue weighted by Crippen LogP contribution is -2.47. The van der Waals surface area contributed by atoms with Gasteiger partial charge in [-0.3, -0.25) is 4.79 Å². The number of carbonyl (C=O) groups excluding carboxylic acids is 1. The molecule has 0 unspecified atom stereocenters. The molecule has 1 amide bonds. The van der Waals surface area contributed by atoms with E-state index < -0.39 is 0 Å². The fraction of sp³-hybridized carbons (Fsp3) is 0.929. The van der Waals surface area contributed by atoms with Crippen LogP contribution in [0.25, 0.3) is 0 Å². The third-order valence-electron chi connectivity index (χ3n) is 4.78.